The van der Waals surface area contributed by atoms with E-state index in [0.717, 1.165) is 44.9 Å². The van der Waals surface area contributed by atoms with Gasteiger partial charge in [0.2, 0.25) is 0 Å². The van der Waals surface area contributed by atoms with E-state index in [4.69, 9.17) is 4.74 Å². The van der Waals surface area contributed by atoms with Crippen molar-refractivity contribution in [1.29, 1.82) is 0 Å². The van der Waals surface area contributed by atoms with Gasteiger partial charge in [-0.3, -0.25) is 4.79 Å². The van der Waals surface area contributed by atoms with Crippen LogP contribution >= 0.6 is 0 Å². The Morgan fingerprint density at radius 3 is 2.76 bits per heavy atom. The fraction of sp³-hybridized carbons (Fsp3) is 0.690. The first-order chi connectivity index (χ1) is 15.7. The number of hydrogen-bond donors (Lipinski definition) is 1. The highest BCUT2D eigenvalue weighted by Crippen LogP contribution is 2.73. The topological polar surface area (TPSA) is 49.8 Å². The SMILES string of the molecule is COC[C@]1(O)CC[C@H]2[C@@H]3CCC4=CC(=O)CC[C@@]45Cc4cc(N(C)C)ccc4[C@@H](C[C@@]21C)[C@@H]35. The smallest absolute Gasteiger partial charge is 0.155 e. The van der Waals surface area contributed by atoms with Crippen LogP contribution in [0, 0.1) is 28.6 Å². The number of anilines is 1. The normalized spacial score (nSPS) is 43.2. The Hall–Kier alpha value is -1.65. The molecule has 33 heavy (non-hydrogen) atoms. The van der Waals surface area contributed by atoms with E-state index in [-0.39, 0.29) is 10.8 Å². The Bertz CT molecular complexity index is 1030. The molecule has 5 aliphatic rings. The number of benzene rings is 1. The first-order valence-electron chi connectivity index (χ1n) is 13.0. The fourth-order valence-electron chi connectivity index (χ4n) is 9.44. The van der Waals surface area contributed by atoms with Crippen LogP contribution in [-0.4, -0.2) is 44.3 Å². The molecule has 5 aliphatic carbocycles. The Morgan fingerprint density at radius 2 is 2.00 bits per heavy atom. The standard InChI is InChI=1S/C29H39NO3/c1-27-16-24-22-8-6-20(30(2)3)13-18(22)15-28-11-9-21(31)14-19(28)5-7-23(26(24)28)25(27)10-12-29(27,32)17-33-4/h6,8,13-14,23-26,32H,5,7,9-12,15-17H2,1-4H3/t23-,24+,25-,26+,27-,28+,29+/m0/s1. The molecule has 6 rings (SSSR count). The number of hydrogen-bond acceptors (Lipinski definition) is 4. The van der Waals surface area contributed by atoms with Gasteiger partial charge in [-0.2, -0.15) is 0 Å². The van der Waals surface area contributed by atoms with Gasteiger partial charge in [0.05, 0.1) is 12.2 Å². The summed E-state index contributed by atoms with van der Waals surface area (Å²) >= 11 is 0. The molecule has 4 nitrogen and oxygen atoms in total. The lowest BCUT2D eigenvalue weighted by Gasteiger charge is -2.65. The summed E-state index contributed by atoms with van der Waals surface area (Å²) in [6.45, 7) is 2.80. The summed E-state index contributed by atoms with van der Waals surface area (Å²) in [5.41, 5.74) is 4.93. The Morgan fingerprint density at radius 1 is 1.18 bits per heavy atom. The van der Waals surface area contributed by atoms with E-state index in [9.17, 15) is 9.90 Å². The van der Waals surface area contributed by atoms with E-state index in [1.807, 2.05) is 6.08 Å². The summed E-state index contributed by atoms with van der Waals surface area (Å²) in [5, 5.41) is 11.9. The molecule has 1 aromatic carbocycles. The van der Waals surface area contributed by atoms with Crippen molar-refractivity contribution < 1.29 is 14.6 Å². The van der Waals surface area contributed by atoms with Crippen LogP contribution in [0.3, 0.4) is 0 Å². The summed E-state index contributed by atoms with van der Waals surface area (Å²) in [7, 11) is 5.95. The maximum absolute atomic E-state index is 12.5. The highest BCUT2D eigenvalue weighted by atomic mass is 16.5. The summed E-state index contributed by atoms with van der Waals surface area (Å²) in [4.78, 5) is 14.7. The minimum Gasteiger partial charge on any atom is -0.387 e. The van der Waals surface area contributed by atoms with Crippen LogP contribution in [0.25, 0.3) is 0 Å². The number of ketones is 1. The Kier molecular flexibility index (Phi) is 4.75. The fourth-order valence-corrected chi connectivity index (χ4v) is 9.44. The van der Waals surface area contributed by atoms with E-state index in [1.165, 1.54) is 22.4 Å². The van der Waals surface area contributed by atoms with Crippen LogP contribution < -0.4 is 4.90 Å². The molecule has 4 heteroatoms. The highest BCUT2D eigenvalue weighted by molar-refractivity contribution is 5.91. The molecule has 178 valence electrons. The minimum absolute atomic E-state index is 0.128. The average molecular weight is 450 g/mol. The summed E-state index contributed by atoms with van der Waals surface area (Å²) in [6, 6.07) is 7.07. The molecule has 0 aliphatic heterocycles. The summed E-state index contributed by atoms with van der Waals surface area (Å²) < 4.78 is 5.59. The first kappa shape index (κ1) is 21.9. The van der Waals surface area contributed by atoms with Crippen molar-refractivity contribution >= 4 is 11.5 Å². The van der Waals surface area contributed by atoms with Crippen molar-refractivity contribution in [3.8, 4) is 0 Å². The monoisotopic (exact) mass is 449 g/mol. The zero-order valence-corrected chi connectivity index (χ0v) is 20.7. The number of aliphatic hydroxyl groups is 1. The van der Waals surface area contributed by atoms with Crippen LogP contribution in [0.2, 0.25) is 0 Å². The second-order valence-corrected chi connectivity index (χ2v) is 12.3. The van der Waals surface area contributed by atoms with Crippen LogP contribution in [0.15, 0.2) is 29.8 Å². The summed E-state index contributed by atoms with van der Waals surface area (Å²) in [6.07, 6.45) is 10.0. The highest BCUT2D eigenvalue weighted by Gasteiger charge is 2.68. The Labute approximate surface area is 198 Å². The third-order valence-electron chi connectivity index (χ3n) is 10.9. The maximum Gasteiger partial charge on any atom is 0.155 e. The number of methoxy groups -OCH3 is 1. The van der Waals surface area contributed by atoms with E-state index in [2.05, 4.69) is 44.1 Å². The van der Waals surface area contributed by atoms with E-state index < -0.39 is 5.60 Å². The van der Waals surface area contributed by atoms with Gasteiger partial charge in [-0.25, -0.2) is 0 Å². The van der Waals surface area contributed by atoms with E-state index in [0.29, 0.717) is 42.5 Å². The van der Waals surface area contributed by atoms with Gasteiger partial charge < -0.3 is 14.7 Å². The zero-order valence-electron chi connectivity index (χ0n) is 20.7. The number of ether oxygens (including phenoxy) is 1. The molecule has 3 saturated carbocycles. The van der Waals surface area contributed by atoms with Crippen molar-refractivity contribution in [1.82, 2.24) is 0 Å². The van der Waals surface area contributed by atoms with E-state index >= 15 is 0 Å². The third-order valence-corrected chi connectivity index (χ3v) is 10.9. The molecule has 3 fully saturated rings. The lowest BCUT2D eigenvalue weighted by molar-refractivity contribution is -0.161. The van der Waals surface area contributed by atoms with Crippen LogP contribution in [0.5, 0.6) is 0 Å². The van der Waals surface area contributed by atoms with Gasteiger partial charge >= 0.3 is 0 Å². The molecule has 0 amide bonds. The zero-order chi connectivity index (χ0) is 23.2. The predicted molar refractivity (Wildman–Crippen MR) is 130 cm³/mol. The van der Waals surface area contributed by atoms with Crippen LogP contribution in [-0.2, 0) is 16.0 Å². The van der Waals surface area contributed by atoms with Gasteiger partial charge in [0.1, 0.15) is 0 Å². The second-order valence-electron chi connectivity index (χ2n) is 12.3. The number of fused-ring (bicyclic) bond motifs is 4. The molecule has 0 saturated heterocycles. The lowest BCUT2D eigenvalue weighted by atomic mass is 9.39. The molecule has 0 radical (unpaired) electrons. The second kappa shape index (κ2) is 7.18. The minimum atomic E-state index is -0.746. The number of rotatable bonds is 3. The average Bonchev–Trinajstić information content (AvgIpc) is 3.04. The van der Waals surface area contributed by atoms with Crippen molar-refractivity contribution in [3.05, 3.63) is 41.0 Å². The number of carbonyl (C=O) groups is 1. The van der Waals surface area contributed by atoms with Gasteiger partial charge in [-0.05, 0) is 103 Å². The molecule has 1 N–H and O–H groups in total. The Balaban J connectivity index is 1.54. The molecule has 1 spiro atoms. The molecular formula is C29H39NO3. The van der Waals surface area contributed by atoms with Crippen molar-refractivity contribution in [2.24, 2.45) is 28.6 Å². The lowest BCUT2D eigenvalue weighted by Crippen LogP contribution is -2.60. The van der Waals surface area contributed by atoms with Gasteiger partial charge in [0.25, 0.3) is 0 Å². The quantitative estimate of drug-likeness (QED) is 0.714. The molecule has 1 aromatic rings. The van der Waals surface area contributed by atoms with Gasteiger partial charge in [-0.15, -0.1) is 0 Å². The summed E-state index contributed by atoms with van der Waals surface area (Å²) in [5.74, 6) is 2.51. The molecule has 0 bridgehead atoms. The third kappa shape index (κ3) is 2.80. The number of carbonyl (C=O) groups excluding carboxylic acids is 1. The van der Waals surface area contributed by atoms with Crippen molar-refractivity contribution in [2.45, 2.75) is 69.8 Å². The van der Waals surface area contributed by atoms with Gasteiger partial charge in [-0.1, -0.05) is 18.6 Å². The predicted octanol–water partition coefficient (Wildman–Crippen LogP) is 4.89. The maximum atomic E-state index is 12.5. The van der Waals surface area contributed by atoms with Crippen LogP contribution in [0.1, 0.15) is 68.9 Å². The molecular weight excluding hydrogens is 410 g/mol. The van der Waals surface area contributed by atoms with Crippen molar-refractivity contribution in [2.75, 3.05) is 32.7 Å². The van der Waals surface area contributed by atoms with Gasteiger partial charge in [0, 0.05) is 38.7 Å². The number of allylic oxidation sites excluding steroid dienone is 1. The largest absolute Gasteiger partial charge is 0.387 e. The molecule has 0 heterocycles. The first-order valence-corrected chi connectivity index (χ1v) is 13.0. The van der Waals surface area contributed by atoms with Gasteiger partial charge in [0.15, 0.2) is 5.78 Å². The van der Waals surface area contributed by atoms with E-state index in [1.54, 1.807) is 7.11 Å². The van der Waals surface area contributed by atoms with Crippen molar-refractivity contribution in [3.63, 3.8) is 0 Å². The molecule has 0 unspecified atom stereocenters. The molecule has 0 aromatic heterocycles. The molecule has 7 atom stereocenters. The van der Waals surface area contributed by atoms with Crippen LogP contribution in [0.4, 0.5) is 5.69 Å². The number of nitrogens with zero attached hydrogens (tertiary/aromatic N) is 1.